The first-order chi connectivity index (χ1) is 13.2. The van der Waals surface area contributed by atoms with E-state index in [-0.39, 0.29) is 5.82 Å². The molecule has 0 saturated carbocycles. The number of pyridine rings is 1. The number of hydrogen-bond acceptors (Lipinski definition) is 3. The van der Waals surface area contributed by atoms with Crippen molar-refractivity contribution in [3.63, 3.8) is 0 Å². The number of ether oxygens (including phenoxy) is 1. The summed E-state index contributed by atoms with van der Waals surface area (Å²) in [5, 5.41) is 6.53. The summed E-state index contributed by atoms with van der Waals surface area (Å²) in [4.78, 5) is 8.42. The maximum absolute atomic E-state index is 13.0. The molecule has 1 heterocycles. The molecule has 1 aromatic heterocycles. The van der Waals surface area contributed by atoms with Gasteiger partial charge in [-0.05, 0) is 41.5 Å². The highest BCUT2D eigenvalue weighted by Gasteiger charge is 2.03. The minimum atomic E-state index is -0.303. The summed E-state index contributed by atoms with van der Waals surface area (Å²) in [5.74, 6) is 1.39. The van der Waals surface area contributed by atoms with Crippen molar-refractivity contribution in [1.82, 2.24) is 15.6 Å². The number of nitrogens with one attached hydrogen (secondary N) is 2. The van der Waals surface area contributed by atoms with Crippen molar-refractivity contribution in [2.45, 2.75) is 13.1 Å². The number of hydrogen-bond donors (Lipinski definition) is 2. The van der Waals surface area contributed by atoms with Crippen molar-refractivity contribution in [3.8, 4) is 11.6 Å². The van der Waals surface area contributed by atoms with E-state index in [9.17, 15) is 4.39 Å². The molecule has 0 aliphatic carbocycles. The van der Waals surface area contributed by atoms with Gasteiger partial charge in [-0.2, -0.15) is 0 Å². The molecule has 0 radical (unpaired) electrons. The number of rotatable bonds is 6. The van der Waals surface area contributed by atoms with E-state index < -0.39 is 0 Å². The zero-order chi connectivity index (χ0) is 18.9. The number of guanidine groups is 1. The first-order valence-corrected chi connectivity index (χ1v) is 8.60. The molecule has 0 atom stereocenters. The molecule has 0 amide bonds. The molecule has 0 aliphatic heterocycles. The number of aromatic nitrogens is 1. The molecular formula is C21H21FN4O. The Morgan fingerprint density at radius 2 is 1.67 bits per heavy atom. The number of aliphatic imine (C=N–C) groups is 1. The van der Waals surface area contributed by atoms with Crippen LogP contribution in [-0.4, -0.2) is 18.0 Å². The Labute approximate surface area is 157 Å². The molecule has 0 saturated heterocycles. The van der Waals surface area contributed by atoms with E-state index in [4.69, 9.17) is 4.74 Å². The molecule has 27 heavy (non-hydrogen) atoms. The second kappa shape index (κ2) is 9.33. The highest BCUT2D eigenvalue weighted by molar-refractivity contribution is 5.79. The van der Waals surface area contributed by atoms with E-state index in [1.807, 2.05) is 30.3 Å². The van der Waals surface area contributed by atoms with Crippen LogP contribution >= 0.6 is 0 Å². The largest absolute Gasteiger partial charge is 0.439 e. The third-order valence-corrected chi connectivity index (χ3v) is 3.82. The fraction of sp³-hybridized carbons (Fsp3) is 0.143. The summed E-state index contributed by atoms with van der Waals surface area (Å²) in [6, 6.07) is 19.7. The Morgan fingerprint density at radius 1 is 0.963 bits per heavy atom. The zero-order valence-electron chi connectivity index (χ0n) is 15.0. The Morgan fingerprint density at radius 3 is 2.37 bits per heavy atom. The summed E-state index contributed by atoms with van der Waals surface area (Å²) in [6.45, 7) is 1.26. The van der Waals surface area contributed by atoms with Crippen molar-refractivity contribution in [2.75, 3.05) is 7.05 Å². The number of halogens is 1. The van der Waals surface area contributed by atoms with Gasteiger partial charge in [0.1, 0.15) is 11.6 Å². The Balaban J connectivity index is 1.54. The molecule has 0 aliphatic rings. The lowest BCUT2D eigenvalue weighted by Crippen LogP contribution is -2.36. The quantitative estimate of drug-likeness (QED) is 0.515. The van der Waals surface area contributed by atoms with Gasteiger partial charge in [-0.15, -0.1) is 0 Å². The van der Waals surface area contributed by atoms with Gasteiger partial charge in [-0.25, -0.2) is 9.37 Å². The summed E-state index contributed by atoms with van der Waals surface area (Å²) in [6.07, 6.45) is 1.68. The van der Waals surface area contributed by atoms with Crippen molar-refractivity contribution >= 4 is 5.96 Å². The van der Waals surface area contributed by atoms with Crippen LogP contribution in [-0.2, 0) is 13.1 Å². The van der Waals surface area contributed by atoms with Gasteiger partial charge in [0.05, 0.1) is 0 Å². The average Bonchev–Trinajstić information content (AvgIpc) is 2.71. The van der Waals surface area contributed by atoms with Gasteiger partial charge < -0.3 is 15.4 Å². The molecule has 6 heteroatoms. The van der Waals surface area contributed by atoms with Gasteiger partial charge in [0.25, 0.3) is 0 Å². The van der Waals surface area contributed by atoms with Crippen LogP contribution in [0.15, 0.2) is 77.9 Å². The predicted molar refractivity (Wildman–Crippen MR) is 104 cm³/mol. The van der Waals surface area contributed by atoms with Crippen molar-refractivity contribution in [1.29, 1.82) is 0 Å². The lowest BCUT2D eigenvalue weighted by Gasteiger charge is -2.12. The van der Waals surface area contributed by atoms with Gasteiger partial charge >= 0.3 is 0 Å². The number of nitrogens with zero attached hydrogens (tertiary/aromatic N) is 2. The highest BCUT2D eigenvalue weighted by Crippen LogP contribution is 2.20. The van der Waals surface area contributed by atoms with Gasteiger partial charge in [0.2, 0.25) is 5.88 Å². The second-order valence-electron chi connectivity index (χ2n) is 5.82. The molecule has 0 spiro atoms. The lowest BCUT2D eigenvalue weighted by atomic mass is 10.2. The molecular weight excluding hydrogens is 343 g/mol. The average molecular weight is 364 g/mol. The summed E-state index contributed by atoms with van der Waals surface area (Å²) >= 11 is 0. The van der Waals surface area contributed by atoms with E-state index in [1.54, 1.807) is 25.4 Å². The normalized spacial score (nSPS) is 11.1. The van der Waals surface area contributed by atoms with E-state index in [0.29, 0.717) is 30.7 Å². The molecule has 138 valence electrons. The molecule has 2 N–H and O–H groups in total. The maximum Gasteiger partial charge on any atom is 0.219 e. The first kappa shape index (κ1) is 18.4. The van der Waals surface area contributed by atoms with Crippen LogP contribution in [0.1, 0.15) is 11.1 Å². The minimum Gasteiger partial charge on any atom is -0.439 e. The molecule has 0 fully saturated rings. The van der Waals surface area contributed by atoms with E-state index >= 15 is 0 Å². The zero-order valence-corrected chi connectivity index (χ0v) is 15.0. The van der Waals surface area contributed by atoms with Crippen LogP contribution in [0.5, 0.6) is 11.6 Å². The van der Waals surface area contributed by atoms with Crippen LogP contribution < -0.4 is 15.4 Å². The van der Waals surface area contributed by atoms with Crippen LogP contribution in [0.2, 0.25) is 0 Å². The minimum absolute atomic E-state index is 0.303. The van der Waals surface area contributed by atoms with Gasteiger partial charge in [-0.3, -0.25) is 4.99 Å². The summed E-state index contributed by atoms with van der Waals surface area (Å²) in [7, 11) is 1.73. The van der Waals surface area contributed by atoms with Crippen molar-refractivity contribution < 1.29 is 9.13 Å². The predicted octanol–water partition coefficient (Wildman–Crippen LogP) is 3.88. The topological polar surface area (TPSA) is 58.5 Å². The molecule has 0 bridgehead atoms. The molecule has 3 rings (SSSR count). The van der Waals surface area contributed by atoms with E-state index in [2.05, 4.69) is 32.7 Å². The highest BCUT2D eigenvalue weighted by atomic mass is 19.1. The van der Waals surface area contributed by atoms with Gasteiger partial charge in [-0.1, -0.05) is 30.3 Å². The smallest absolute Gasteiger partial charge is 0.219 e. The monoisotopic (exact) mass is 364 g/mol. The van der Waals surface area contributed by atoms with Gasteiger partial charge in [0, 0.05) is 32.4 Å². The standard InChI is InChI=1S/C21H21FN4O/c1-23-21(25-14-16-5-3-2-4-6-16)26-15-17-11-12-24-20(13-17)27-19-9-7-18(22)8-10-19/h2-13H,14-15H2,1H3,(H2,23,25,26). The molecule has 3 aromatic rings. The fourth-order valence-corrected chi connectivity index (χ4v) is 2.43. The lowest BCUT2D eigenvalue weighted by molar-refractivity contribution is 0.460. The van der Waals surface area contributed by atoms with E-state index in [1.165, 1.54) is 17.7 Å². The molecule has 5 nitrogen and oxygen atoms in total. The van der Waals surface area contributed by atoms with Crippen LogP contribution in [0, 0.1) is 5.82 Å². The SMILES string of the molecule is CN=C(NCc1ccccc1)NCc1ccnc(Oc2ccc(F)cc2)c1. The molecule has 0 unspecified atom stereocenters. The Kier molecular flexibility index (Phi) is 6.35. The second-order valence-corrected chi connectivity index (χ2v) is 5.82. The van der Waals surface area contributed by atoms with E-state index in [0.717, 1.165) is 5.56 Å². The van der Waals surface area contributed by atoms with Crippen molar-refractivity contribution in [2.24, 2.45) is 4.99 Å². The van der Waals surface area contributed by atoms with Crippen LogP contribution in [0.4, 0.5) is 4.39 Å². The van der Waals surface area contributed by atoms with Crippen LogP contribution in [0.25, 0.3) is 0 Å². The summed E-state index contributed by atoms with van der Waals surface area (Å²) < 4.78 is 18.6. The third-order valence-electron chi connectivity index (χ3n) is 3.82. The maximum atomic E-state index is 13.0. The number of benzene rings is 2. The fourth-order valence-electron chi connectivity index (χ4n) is 2.43. The van der Waals surface area contributed by atoms with Crippen LogP contribution in [0.3, 0.4) is 0 Å². The Bertz CT molecular complexity index is 882. The van der Waals surface area contributed by atoms with Gasteiger partial charge in [0.15, 0.2) is 5.96 Å². The van der Waals surface area contributed by atoms with Crippen molar-refractivity contribution in [3.05, 3.63) is 89.9 Å². The third kappa shape index (κ3) is 5.81. The Hall–Kier alpha value is -3.41. The summed E-state index contributed by atoms with van der Waals surface area (Å²) in [5.41, 5.74) is 2.17. The molecule has 2 aromatic carbocycles. The first-order valence-electron chi connectivity index (χ1n) is 8.60.